The van der Waals surface area contributed by atoms with Crippen LogP contribution in [0.2, 0.25) is 0 Å². The molecule has 1 unspecified atom stereocenters. The van der Waals surface area contributed by atoms with E-state index in [1.54, 1.807) is 12.1 Å². The minimum absolute atomic E-state index is 0.0372. The first-order chi connectivity index (χ1) is 8.63. The Morgan fingerprint density at radius 3 is 2.83 bits per heavy atom. The molecule has 18 heavy (non-hydrogen) atoms. The molecule has 3 N–H and O–H groups in total. The molecule has 1 saturated carbocycles. The van der Waals surface area contributed by atoms with Crippen LogP contribution in [0.5, 0.6) is 5.75 Å². The fraction of sp³-hybridized carbons (Fsp3) is 0.462. The first-order valence-electron chi connectivity index (χ1n) is 5.94. The molecule has 1 aromatic carbocycles. The Morgan fingerprint density at radius 2 is 2.28 bits per heavy atom. The third-order valence-corrected chi connectivity index (χ3v) is 3.02. The summed E-state index contributed by atoms with van der Waals surface area (Å²) in [7, 11) is 0. The third kappa shape index (κ3) is 2.79. The number of nitrogens with two attached hydrogens (primary N) is 1. The quantitative estimate of drug-likeness (QED) is 0.813. The Hall–Kier alpha value is -1.62. The van der Waals surface area contributed by atoms with Gasteiger partial charge in [-0.1, -0.05) is 6.07 Å². The van der Waals surface area contributed by atoms with Crippen molar-refractivity contribution in [3.8, 4) is 5.75 Å². The van der Waals surface area contributed by atoms with Gasteiger partial charge in [-0.25, -0.2) is 4.39 Å². The number of ether oxygens (including phenoxy) is 1. The topological polar surface area (TPSA) is 72.6 Å². The summed E-state index contributed by atoms with van der Waals surface area (Å²) in [6.45, 7) is -0.616. The molecule has 0 heterocycles. The predicted octanol–water partition coefficient (Wildman–Crippen LogP) is 2.00. The average molecular weight is 253 g/mol. The molecule has 98 valence electrons. The van der Waals surface area contributed by atoms with E-state index < -0.39 is 18.7 Å². The summed E-state index contributed by atoms with van der Waals surface area (Å²) in [6, 6.07) is 4.13. The third-order valence-electron chi connectivity index (χ3n) is 3.02. The van der Waals surface area contributed by atoms with Crippen molar-refractivity contribution in [1.82, 2.24) is 0 Å². The van der Waals surface area contributed by atoms with Gasteiger partial charge in [-0.15, -0.1) is 0 Å². The highest BCUT2D eigenvalue weighted by Crippen LogP contribution is 2.43. The molecule has 5 heteroatoms. The second-order valence-corrected chi connectivity index (χ2v) is 4.42. The number of carboxylic acids is 1. The number of carbonyl (C=O) groups is 1. The molecule has 1 fully saturated rings. The van der Waals surface area contributed by atoms with Crippen molar-refractivity contribution in [2.24, 2.45) is 5.73 Å². The standard InChI is InChI=1S/C13H16FNO3/c14-5-6-18-9-3-4-10(8-1-2-8)11(7-9)12(15)13(16)17/h3-4,7-8,12H,1-2,5-6,15H2,(H,16,17). The molecule has 0 radical (unpaired) electrons. The lowest BCUT2D eigenvalue weighted by molar-refractivity contribution is -0.138. The number of halogens is 1. The minimum Gasteiger partial charge on any atom is -0.491 e. The molecule has 0 amide bonds. The number of benzene rings is 1. The molecule has 0 bridgehead atoms. The van der Waals surface area contributed by atoms with Gasteiger partial charge in [0.05, 0.1) is 0 Å². The summed E-state index contributed by atoms with van der Waals surface area (Å²) in [6.07, 6.45) is 2.12. The Morgan fingerprint density at radius 1 is 1.56 bits per heavy atom. The molecule has 0 spiro atoms. The second-order valence-electron chi connectivity index (χ2n) is 4.42. The minimum atomic E-state index is -1.07. The van der Waals surface area contributed by atoms with Crippen LogP contribution < -0.4 is 10.5 Å². The number of aliphatic carboxylic acids is 1. The molecular weight excluding hydrogens is 237 g/mol. The predicted molar refractivity (Wildman–Crippen MR) is 64.5 cm³/mol. The monoisotopic (exact) mass is 253 g/mol. The molecular formula is C13H16FNO3. The van der Waals surface area contributed by atoms with Crippen molar-refractivity contribution in [2.45, 2.75) is 24.8 Å². The van der Waals surface area contributed by atoms with E-state index >= 15 is 0 Å². The lowest BCUT2D eigenvalue weighted by atomic mass is 9.97. The fourth-order valence-corrected chi connectivity index (χ4v) is 1.97. The largest absolute Gasteiger partial charge is 0.491 e. The van der Waals surface area contributed by atoms with Gasteiger partial charge in [0, 0.05) is 0 Å². The first-order valence-corrected chi connectivity index (χ1v) is 5.94. The fourth-order valence-electron chi connectivity index (χ4n) is 1.97. The van der Waals surface area contributed by atoms with Crippen LogP contribution in [0.25, 0.3) is 0 Å². The van der Waals surface area contributed by atoms with E-state index in [0.29, 0.717) is 17.2 Å². The molecule has 1 atom stereocenters. The lowest BCUT2D eigenvalue weighted by Crippen LogP contribution is -2.22. The summed E-state index contributed by atoms with van der Waals surface area (Å²) in [5.74, 6) is -0.205. The lowest BCUT2D eigenvalue weighted by Gasteiger charge is -2.14. The number of hydrogen-bond donors (Lipinski definition) is 2. The van der Waals surface area contributed by atoms with Crippen LogP contribution in [0.1, 0.15) is 35.9 Å². The van der Waals surface area contributed by atoms with Gasteiger partial charge in [-0.3, -0.25) is 4.79 Å². The van der Waals surface area contributed by atoms with Crippen LogP contribution in [0, 0.1) is 0 Å². The maximum absolute atomic E-state index is 12.0. The van der Waals surface area contributed by atoms with Crippen LogP contribution in [0.15, 0.2) is 18.2 Å². The number of carboxylic acid groups (broad SMARTS) is 1. The van der Waals surface area contributed by atoms with Crippen molar-refractivity contribution in [1.29, 1.82) is 0 Å². The molecule has 1 aliphatic carbocycles. The summed E-state index contributed by atoms with van der Waals surface area (Å²) in [5, 5.41) is 9.00. The van der Waals surface area contributed by atoms with Crippen LogP contribution in [-0.2, 0) is 4.79 Å². The van der Waals surface area contributed by atoms with Crippen molar-refractivity contribution in [3.63, 3.8) is 0 Å². The number of rotatable bonds is 6. The van der Waals surface area contributed by atoms with E-state index in [-0.39, 0.29) is 6.61 Å². The van der Waals surface area contributed by atoms with Gasteiger partial charge in [-0.05, 0) is 42.0 Å². The molecule has 0 aromatic heterocycles. The molecule has 0 aliphatic heterocycles. The molecule has 0 saturated heterocycles. The van der Waals surface area contributed by atoms with Gasteiger partial charge in [0.15, 0.2) is 0 Å². The van der Waals surface area contributed by atoms with Gasteiger partial charge in [0.25, 0.3) is 0 Å². The highest BCUT2D eigenvalue weighted by atomic mass is 19.1. The van der Waals surface area contributed by atoms with Gasteiger partial charge in [0.2, 0.25) is 0 Å². The molecule has 1 aliphatic rings. The van der Waals surface area contributed by atoms with Gasteiger partial charge >= 0.3 is 5.97 Å². The number of alkyl halides is 1. The van der Waals surface area contributed by atoms with E-state index in [0.717, 1.165) is 18.4 Å². The summed E-state index contributed by atoms with van der Waals surface area (Å²) in [4.78, 5) is 11.0. The van der Waals surface area contributed by atoms with Crippen LogP contribution in [0.4, 0.5) is 4.39 Å². The van der Waals surface area contributed by atoms with Crippen molar-refractivity contribution >= 4 is 5.97 Å². The van der Waals surface area contributed by atoms with Crippen LogP contribution >= 0.6 is 0 Å². The van der Waals surface area contributed by atoms with Crippen LogP contribution in [-0.4, -0.2) is 24.4 Å². The van der Waals surface area contributed by atoms with E-state index in [2.05, 4.69) is 0 Å². The SMILES string of the molecule is NC(C(=O)O)c1cc(OCCF)ccc1C1CC1. The highest BCUT2D eigenvalue weighted by Gasteiger charge is 2.29. The Balaban J connectivity index is 2.28. The molecule has 4 nitrogen and oxygen atoms in total. The van der Waals surface area contributed by atoms with Gasteiger partial charge in [0.1, 0.15) is 25.1 Å². The Bertz CT molecular complexity index is 446. The zero-order valence-electron chi connectivity index (χ0n) is 9.93. The van der Waals surface area contributed by atoms with Crippen molar-refractivity contribution < 1.29 is 19.0 Å². The summed E-state index contributed by atoms with van der Waals surface area (Å²) in [5.41, 5.74) is 7.21. The zero-order valence-corrected chi connectivity index (χ0v) is 9.93. The van der Waals surface area contributed by atoms with E-state index in [1.807, 2.05) is 6.07 Å². The Labute approximate surface area is 105 Å². The van der Waals surface area contributed by atoms with E-state index in [4.69, 9.17) is 15.6 Å². The maximum atomic E-state index is 12.0. The molecule has 2 rings (SSSR count). The smallest absolute Gasteiger partial charge is 0.325 e. The van der Waals surface area contributed by atoms with E-state index in [9.17, 15) is 9.18 Å². The first kappa shape index (κ1) is 12.8. The van der Waals surface area contributed by atoms with Crippen molar-refractivity contribution in [3.05, 3.63) is 29.3 Å². The normalized spacial score (nSPS) is 16.3. The summed E-state index contributed by atoms with van der Waals surface area (Å²) < 4.78 is 17.2. The van der Waals surface area contributed by atoms with E-state index in [1.165, 1.54) is 0 Å². The van der Waals surface area contributed by atoms with Gasteiger partial charge < -0.3 is 15.6 Å². The zero-order chi connectivity index (χ0) is 13.1. The Kier molecular flexibility index (Phi) is 3.81. The highest BCUT2D eigenvalue weighted by molar-refractivity contribution is 5.76. The second kappa shape index (κ2) is 5.35. The average Bonchev–Trinajstić information content (AvgIpc) is 3.19. The summed E-state index contributed by atoms with van der Waals surface area (Å²) >= 11 is 0. The molecule has 1 aromatic rings. The maximum Gasteiger partial charge on any atom is 0.325 e. The van der Waals surface area contributed by atoms with Gasteiger partial charge in [-0.2, -0.15) is 0 Å². The van der Waals surface area contributed by atoms with Crippen LogP contribution in [0.3, 0.4) is 0 Å². The van der Waals surface area contributed by atoms with Crippen molar-refractivity contribution in [2.75, 3.05) is 13.3 Å². The number of hydrogen-bond acceptors (Lipinski definition) is 3.